The van der Waals surface area contributed by atoms with Gasteiger partial charge in [0, 0.05) is 17.9 Å². The Morgan fingerprint density at radius 1 is 1.09 bits per heavy atom. The monoisotopic (exact) mass is 306 g/mol. The molecule has 3 rings (SSSR count). The van der Waals surface area contributed by atoms with E-state index in [9.17, 15) is 0 Å². The molecule has 0 amide bonds. The lowest BCUT2D eigenvalue weighted by Crippen LogP contribution is -2.41. The van der Waals surface area contributed by atoms with E-state index >= 15 is 0 Å². The number of hydrogen-bond acceptors (Lipinski definition) is 4. The third-order valence-electron chi connectivity index (χ3n) is 5.19. The van der Waals surface area contributed by atoms with Crippen LogP contribution in [0.4, 0.5) is 0 Å². The summed E-state index contributed by atoms with van der Waals surface area (Å²) < 4.78 is 20.0. The van der Waals surface area contributed by atoms with Crippen LogP contribution in [-0.2, 0) is 14.0 Å². The SMILES string of the molecule is CC1CC(n2cc(B3OC(C)(C)C(C)(C)O3)cn2)CC(C)O1. The van der Waals surface area contributed by atoms with E-state index in [2.05, 4.69) is 57.5 Å². The van der Waals surface area contributed by atoms with Gasteiger partial charge in [0.25, 0.3) is 0 Å². The number of hydrogen-bond donors (Lipinski definition) is 0. The minimum Gasteiger partial charge on any atom is -0.399 e. The molecule has 1 aromatic heterocycles. The maximum atomic E-state index is 6.09. The van der Waals surface area contributed by atoms with Gasteiger partial charge >= 0.3 is 7.12 Å². The molecule has 2 fully saturated rings. The van der Waals surface area contributed by atoms with Gasteiger partial charge in [-0.15, -0.1) is 0 Å². The molecule has 0 N–H and O–H groups in total. The van der Waals surface area contributed by atoms with Gasteiger partial charge in [-0.3, -0.25) is 4.68 Å². The lowest BCUT2D eigenvalue weighted by molar-refractivity contribution is -0.0506. The smallest absolute Gasteiger partial charge is 0.399 e. The molecule has 2 saturated heterocycles. The van der Waals surface area contributed by atoms with Crippen molar-refractivity contribution in [1.82, 2.24) is 9.78 Å². The standard InChI is InChI=1S/C16H27BN2O3/c1-11-7-14(8-12(2)20-11)19-10-13(9-18-19)17-21-15(3,4)16(5,6)22-17/h9-12,14H,7-8H2,1-6H3. The second-order valence-corrected chi connectivity index (χ2v) is 7.72. The van der Waals surface area contributed by atoms with E-state index in [1.54, 1.807) is 0 Å². The molecule has 5 nitrogen and oxygen atoms in total. The fourth-order valence-corrected chi connectivity index (χ4v) is 3.24. The molecular formula is C16H27BN2O3. The molecule has 2 atom stereocenters. The van der Waals surface area contributed by atoms with Crippen LogP contribution in [0.3, 0.4) is 0 Å². The normalized spacial score (nSPS) is 34.1. The number of ether oxygens (including phenoxy) is 1. The summed E-state index contributed by atoms with van der Waals surface area (Å²) >= 11 is 0. The zero-order valence-corrected chi connectivity index (χ0v) is 14.5. The number of nitrogens with zero attached hydrogens (tertiary/aromatic N) is 2. The van der Waals surface area contributed by atoms with Gasteiger partial charge in [-0.05, 0) is 54.4 Å². The highest BCUT2D eigenvalue weighted by Crippen LogP contribution is 2.36. The molecule has 122 valence electrons. The fraction of sp³-hybridized carbons (Fsp3) is 0.812. The Morgan fingerprint density at radius 2 is 1.64 bits per heavy atom. The molecule has 0 aromatic carbocycles. The first-order chi connectivity index (χ1) is 10.2. The molecule has 6 heteroatoms. The Balaban J connectivity index is 1.75. The first kappa shape index (κ1) is 16.0. The lowest BCUT2D eigenvalue weighted by atomic mass is 9.82. The fourth-order valence-electron chi connectivity index (χ4n) is 3.24. The Bertz CT molecular complexity index is 517. The third kappa shape index (κ3) is 2.84. The highest BCUT2D eigenvalue weighted by molar-refractivity contribution is 6.61. The molecule has 0 aliphatic carbocycles. The summed E-state index contributed by atoms with van der Waals surface area (Å²) in [4.78, 5) is 0. The third-order valence-corrected chi connectivity index (χ3v) is 5.19. The molecule has 0 saturated carbocycles. The van der Waals surface area contributed by atoms with Crippen molar-refractivity contribution in [2.24, 2.45) is 0 Å². The van der Waals surface area contributed by atoms with Crippen molar-refractivity contribution in [1.29, 1.82) is 0 Å². The molecule has 3 heterocycles. The minimum atomic E-state index is -0.339. The van der Waals surface area contributed by atoms with Crippen LogP contribution in [0.5, 0.6) is 0 Å². The molecular weight excluding hydrogens is 279 g/mol. The molecule has 2 unspecified atom stereocenters. The van der Waals surface area contributed by atoms with Crippen LogP contribution in [0.15, 0.2) is 12.4 Å². The Morgan fingerprint density at radius 3 is 2.18 bits per heavy atom. The van der Waals surface area contributed by atoms with E-state index in [-0.39, 0.29) is 30.5 Å². The number of rotatable bonds is 2. The van der Waals surface area contributed by atoms with E-state index in [0.717, 1.165) is 18.3 Å². The summed E-state index contributed by atoms with van der Waals surface area (Å²) in [6.45, 7) is 12.5. The molecule has 1 aromatic rings. The van der Waals surface area contributed by atoms with E-state index in [4.69, 9.17) is 14.0 Å². The first-order valence-corrected chi connectivity index (χ1v) is 8.23. The van der Waals surface area contributed by atoms with Crippen molar-refractivity contribution >= 4 is 12.6 Å². The van der Waals surface area contributed by atoms with Gasteiger partial charge in [-0.25, -0.2) is 0 Å². The highest BCUT2D eigenvalue weighted by atomic mass is 16.7. The van der Waals surface area contributed by atoms with Crippen molar-refractivity contribution < 1.29 is 14.0 Å². The van der Waals surface area contributed by atoms with Crippen molar-refractivity contribution in [2.75, 3.05) is 0 Å². The van der Waals surface area contributed by atoms with Crippen molar-refractivity contribution in [2.45, 2.75) is 83.8 Å². The molecule has 0 bridgehead atoms. The van der Waals surface area contributed by atoms with E-state index in [1.807, 2.05) is 6.20 Å². The summed E-state index contributed by atoms with van der Waals surface area (Å²) in [5.74, 6) is 0. The topological polar surface area (TPSA) is 45.5 Å². The van der Waals surface area contributed by atoms with Gasteiger partial charge in [0.2, 0.25) is 0 Å². The largest absolute Gasteiger partial charge is 0.498 e. The van der Waals surface area contributed by atoms with Crippen molar-refractivity contribution in [3.05, 3.63) is 12.4 Å². The van der Waals surface area contributed by atoms with Crippen LogP contribution >= 0.6 is 0 Å². The average Bonchev–Trinajstić information content (AvgIpc) is 2.92. The molecule has 0 radical (unpaired) electrons. The molecule has 2 aliphatic heterocycles. The minimum absolute atomic E-state index is 0.276. The first-order valence-electron chi connectivity index (χ1n) is 8.23. The molecule has 22 heavy (non-hydrogen) atoms. The quantitative estimate of drug-likeness (QED) is 0.787. The van der Waals surface area contributed by atoms with Gasteiger partial charge < -0.3 is 14.0 Å². The van der Waals surface area contributed by atoms with Crippen LogP contribution in [0.2, 0.25) is 0 Å². The van der Waals surface area contributed by atoms with Crippen molar-refractivity contribution in [3.8, 4) is 0 Å². The molecule has 2 aliphatic rings. The number of aromatic nitrogens is 2. The van der Waals surface area contributed by atoms with Gasteiger partial charge in [-0.2, -0.15) is 5.10 Å². The predicted octanol–water partition coefficient (Wildman–Crippen LogP) is 2.31. The Hall–Kier alpha value is -0.845. The summed E-state index contributed by atoms with van der Waals surface area (Å²) in [6, 6.07) is 0.384. The zero-order chi connectivity index (χ0) is 16.1. The molecule has 0 spiro atoms. The zero-order valence-electron chi connectivity index (χ0n) is 14.5. The summed E-state index contributed by atoms with van der Waals surface area (Å²) in [5, 5.41) is 4.55. The summed E-state index contributed by atoms with van der Waals surface area (Å²) in [7, 11) is -0.339. The maximum absolute atomic E-state index is 6.09. The second-order valence-electron chi connectivity index (χ2n) is 7.72. The van der Waals surface area contributed by atoms with Crippen LogP contribution < -0.4 is 5.46 Å². The van der Waals surface area contributed by atoms with Gasteiger partial charge in [0.05, 0.1) is 29.5 Å². The Labute approximate surface area is 133 Å². The van der Waals surface area contributed by atoms with Crippen LogP contribution in [0.1, 0.15) is 60.4 Å². The van der Waals surface area contributed by atoms with Crippen molar-refractivity contribution in [3.63, 3.8) is 0 Å². The van der Waals surface area contributed by atoms with Gasteiger partial charge in [-0.1, -0.05) is 0 Å². The summed E-state index contributed by atoms with van der Waals surface area (Å²) in [5.41, 5.74) is 0.355. The Kier molecular flexibility index (Phi) is 3.90. The van der Waals surface area contributed by atoms with Gasteiger partial charge in [0.1, 0.15) is 0 Å². The van der Waals surface area contributed by atoms with E-state index in [0.29, 0.717) is 6.04 Å². The van der Waals surface area contributed by atoms with E-state index in [1.165, 1.54) is 0 Å². The second kappa shape index (κ2) is 5.36. The predicted molar refractivity (Wildman–Crippen MR) is 86.2 cm³/mol. The summed E-state index contributed by atoms with van der Waals surface area (Å²) in [6.07, 6.45) is 6.48. The van der Waals surface area contributed by atoms with Crippen LogP contribution in [0, 0.1) is 0 Å². The maximum Gasteiger partial charge on any atom is 0.498 e. The highest BCUT2D eigenvalue weighted by Gasteiger charge is 2.52. The van der Waals surface area contributed by atoms with Crippen LogP contribution in [-0.4, -0.2) is 40.3 Å². The van der Waals surface area contributed by atoms with E-state index < -0.39 is 0 Å². The van der Waals surface area contributed by atoms with Crippen LogP contribution in [0.25, 0.3) is 0 Å². The lowest BCUT2D eigenvalue weighted by Gasteiger charge is -2.32. The average molecular weight is 306 g/mol. The van der Waals surface area contributed by atoms with Gasteiger partial charge in [0.15, 0.2) is 0 Å².